The van der Waals surface area contributed by atoms with E-state index in [0.29, 0.717) is 17.3 Å². The summed E-state index contributed by atoms with van der Waals surface area (Å²) >= 11 is 0. The molecule has 0 saturated heterocycles. The molecule has 0 atom stereocenters. The van der Waals surface area contributed by atoms with E-state index in [-0.39, 0.29) is 5.88 Å². The van der Waals surface area contributed by atoms with Gasteiger partial charge < -0.3 is 10.0 Å². The van der Waals surface area contributed by atoms with Crippen LogP contribution in [0.5, 0.6) is 5.88 Å². The Morgan fingerprint density at radius 2 is 1.62 bits per heavy atom. The number of pyridine rings is 1. The molecule has 5 heteroatoms. The Balaban J connectivity index is 1.97. The maximum Gasteiger partial charge on any atom is 0.230 e. The first-order valence-corrected chi connectivity index (χ1v) is 6.52. The lowest BCUT2D eigenvalue weighted by atomic mass is 10.2. The number of aromatic hydroxyl groups is 1. The van der Waals surface area contributed by atoms with Crippen LogP contribution in [-0.2, 0) is 0 Å². The molecule has 0 amide bonds. The second kappa shape index (κ2) is 5.58. The zero-order chi connectivity index (χ0) is 14.7. The number of hydrogen-bond acceptors (Lipinski definition) is 5. The topological polar surface area (TPSA) is 62.1 Å². The summed E-state index contributed by atoms with van der Waals surface area (Å²) in [5, 5.41) is 9.47. The largest absolute Gasteiger partial charge is 0.493 e. The lowest BCUT2D eigenvalue weighted by Gasteiger charge is -2.17. The van der Waals surface area contributed by atoms with Crippen molar-refractivity contribution in [1.82, 2.24) is 15.0 Å². The molecule has 0 fully saturated rings. The minimum absolute atomic E-state index is 0.0240. The van der Waals surface area contributed by atoms with Crippen LogP contribution in [0.1, 0.15) is 0 Å². The van der Waals surface area contributed by atoms with E-state index in [9.17, 15) is 5.11 Å². The maximum absolute atomic E-state index is 9.47. The fraction of sp³-hybridized carbons (Fsp3) is 0.0625. The average Bonchev–Trinajstić information content (AvgIpc) is 2.55. The third kappa shape index (κ3) is 2.81. The van der Waals surface area contributed by atoms with Crippen molar-refractivity contribution in [2.75, 3.05) is 11.9 Å². The molecule has 0 saturated carbocycles. The van der Waals surface area contributed by atoms with Gasteiger partial charge in [-0.25, -0.2) is 15.0 Å². The fourth-order valence-electron chi connectivity index (χ4n) is 1.99. The molecule has 21 heavy (non-hydrogen) atoms. The lowest BCUT2D eigenvalue weighted by Crippen LogP contribution is -2.13. The number of hydrogen-bond donors (Lipinski definition) is 1. The number of rotatable bonds is 3. The molecule has 0 radical (unpaired) electrons. The van der Waals surface area contributed by atoms with Crippen LogP contribution in [-0.4, -0.2) is 27.1 Å². The van der Waals surface area contributed by atoms with Gasteiger partial charge in [0.2, 0.25) is 11.8 Å². The zero-order valence-electron chi connectivity index (χ0n) is 11.5. The Bertz CT molecular complexity index is 746. The van der Waals surface area contributed by atoms with Gasteiger partial charge in [0.1, 0.15) is 0 Å². The molecule has 2 heterocycles. The smallest absolute Gasteiger partial charge is 0.230 e. The monoisotopic (exact) mass is 278 g/mol. The van der Waals surface area contributed by atoms with Crippen LogP contribution in [0.3, 0.4) is 0 Å². The molecule has 1 aromatic carbocycles. The first-order valence-electron chi connectivity index (χ1n) is 6.52. The van der Waals surface area contributed by atoms with Crippen LogP contribution in [0.2, 0.25) is 0 Å². The average molecular weight is 278 g/mol. The molecule has 0 spiro atoms. The molecule has 3 rings (SSSR count). The van der Waals surface area contributed by atoms with Crippen molar-refractivity contribution in [2.24, 2.45) is 0 Å². The van der Waals surface area contributed by atoms with E-state index in [1.54, 1.807) is 24.4 Å². The highest BCUT2D eigenvalue weighted by Crippen LogP contribution is 2.22. The van der Waals surface area contributed by atoms with Gasteiger partial charge in [-0.15, -0.1) is 0 Å². The molecule has 2 aromatic heterocycles. The summed E-state index contributed by atoms with van der Waals surface area (Å²) in [6.45, 7) is 0. The van der Waals surface area contributed by atoms with E-state index in [1.165, 1.54) is 6.07 Å². The standard InChI is InChI=1S/C16H14N4O/c1-20(12-6-3-2-4-7-12)16-17-11-10-14(19-16)13-8-5-9-15(21)18-13/h2-11H,1H3,(H,18,21). The SMILES string of the molecule is CN(c1ccccc1)c1nccc(-c2cccc(O)n2)n1. The van der Waals surface area contributed by atoms with E-state index < -0.39 is 0 Å². The summed E-state index contributed by atoms with van der Waals surface area (Å²) in [5.41, 5.74) is 2.28. The van der Waals surface area contributed by atoms with E-state index >= 15 is 0 Å². The van der Waals surface area contributed by atoms with Crippen LogP contribution in [0.15, 0.2) is 60.8 Å². The Hall–Kier alpha value is -2.95. The molecule has 104 valence electrons. The first kappa shape index (κ1) is 13.1. The lowest BCUT2D eigenvalue weighted by molar-refractivity contribution is 0.454. The first-order chi connectivity index (χ1) is 10.2. The number of para-hydroxylation sites is 1. The van der Waals surface area contributed by atoms with Crippen molar-refractivity contribution >= 4 is 11.6 Å². The summed E-state index contributed by atoms with van der Waals surface area (Å²) in [5.74, 6) is 0.549. The van der Waals surface area contributed by atoms with E-state index in [0.717, 1.165) is 5.69 Å². The highest BCUT2D eigenvalue weighted by Gasteiger charge is 2.09. The summed E-state index contributed by atoms with van der Waals surface area (Å²) in [6, 6.07) is 16.7. The van der Waals surface area contributed by atoms with Crippen molar-refractivity contribution < 1.29 is 5.11 Å². The van der Waals surface area contributed by atoms with Gasteiger partial charge in [-0.2, -0.15) is 0 Å². The predicted octanol–water partition coefficient (Wildman–Crippen LogP) is 3.01. The van der Waals surface area contributed by atoms with Crippen molar-refractivity contribution in [3.8, 4) is 17.3 Å². The van der Waals surface area contributed by atoms with E-state index in [4.69, 9.17) is 0 Å². The van der Waals surface area contributed by atoms with Crippen LogP contribution in [0.25, 0.3) is 11.4 Å². The molecule has 1 N–H and O–H groups in total. The summed E-state index contributed by atoms with van der Waals surface area (Å²) in [6.07, 6.45) is 1.68. The third-order valence-electron chi connectivity index (χ3n) is 3.08. The highest BCUT2D eigenvalue weighted by molar-refractivity contribution is 5.60. The van der Waals surface area contributed by atoms with Gasteiger partial charge in [0, 0.05) is 25.0 Å². The predicted molar refractivity (Wildman–Crippen MR) is 81.4 cm³/mol. The second-order valence-electron chi connectivity index (χ2n) is 4.52. The molecule has 5 nitrogen and oxygen atoms in total. The van der Waals surface area contributed by atoms with Crippen molar-refractivity contribution in [3.63, 3.8) is 0 Å². The Morgan fingerprint density at radius 3 is 2.38 bits per heavy atom. The van der Waals surface area contributed by atoms with Gasteiger partial charge in [-0.3, -0.25) is 0 Å². The molecular formula is C16H14N4O. The minimum Gasteiger partial charge on any atom is -0.493 e. The molecular weight excluding hydrogens is 264 g/mol. The maximum atomic E-state index is 9.47. The number of nitrogens with zero attached hydrogens (tertiary/aromatic N) is 4. The molecule has 3 aromatic rings. The van der Waals surface area contributed by atoms with Gasteiger partial charge in [0.25, 0.3) is 0 Å². The summed E-state index contributed by atoms with van der Waals surface area (Å²) in [7, 11) is 1.91. The normalized spacial score (nSPS) is 10.3. The van der Waals surface area contributed by atoms with Crippen LogP contribution in [0, 0.1) is 0 Å². The summed E-state index contributed by atoms with van der Waals surface area (Å²) in [4.78, 5) is 14.7. The Labute approximate surface area is 122 Å². The van der Waals surface area contributed by atoms with E-state index in [2.05, 4.69) is 15.0 Å². The second-order valence-corrected chi connectivity index (χ2v) is 4.52. The van der Waals surface area contributed by atoms with Gasteiger partial charge in [-0.05, 0) is 24.3 Å². The number of anilines is 2. The van der Waals surface area contributed by atoms with E-state index in [1.807, 2.05) is 42.3 Å². The quantitative estimate of drug-likeness (QED) is 0.798. The fourth-order valence-corrected chi connectivity index (χ4v) is 1.99. The molecule has 0 aliphatic carbocycles. The van der Waals surface area contributed by atoms with Crippen LogP contribution in [0.4, 0.5) is 11.6 Å². The molecule has 0 aliphatic rings. The van der Waals surface area contributed by atoms with Crippen LogP contribution < -0.4 is 4.90 Å². The number of benzene rings is 1. The molecule has 0 bridgehead atoms. The number of aromatic nitrogens is 3. The zero-order valence-corrected chi connectivity index (χ0v) is 11.5. The van der Waals surface area contributed by atoms with Crippen molar-refractivity contribution in [3.05, 3.63) is 60.8 Å². The van der Waals surface area contributed by atoms with Gasteiger partial charge in [0.15, 0.2) is 0 Å². The molecule has 0 aliphatic heterocycles. The minimum atomic E-state index is -0.0240. The molecule has 0 unspecified atom stereocenters. The van der Waals surface area contributed by atoms with Gasteiger partial charge >= 0.3 is 0 Å². The highest BCUT2D eigenvalue weighted by atomic mass is 16.3. The van der Waals surface area contributed by atoms with Gasteiger partial charge in [0.05, 0.1) is 11.4 Å². The summed E-state index contributed by atoms with van der Waals surface area (Å²) < 4.78 is 0. The van der Waals surface area contributed by atoms with Gasteiger partial charge in [-0.1, -0.05) is 24.3 Å². The Morgan fingerprint density at radius 1 is 0.857 bits per heavy atom. The van der Waals surface area contributed by atoms with Crippen molar-refractivity contribution in [1.29, 1.82) is 0 Å². The third-order valence-corrected chi connectivity index (χ3v) is 3.08. The van der Waals surface area contributed by atoms with Crippen LogP contribution >= 0.6 is 0 Å². The van der Waals surface area contributed by atoms with Crippen molar-refractivity contribution in [2.45, 2.75) is 0 Å². The Kier molecular flexibility index (Phi) is 3.47.